The topological polar surface area (TPSA) is 87.1 Å². The van der Waals surface area contributed by atoms with E-state index in [1.807, 2.05) is 32.9 Å². The van der Waals surface area contributed by atoms with Gasteiger partial charge in [-0.1, -0.05) is 35.9 Å². The van der Waals surface area contributed by atoms with Crippen molar-refractivity contribution in [3.63, 3.8) is 0 Å². The number of ketones is 1. The second-order valence-electron chi connectivity index (χ2n) is 9.11. The first kappa shape index (κ1) is 25.3. The molecule has 1 amide bonds. The lowest BCUT2D eigenvalue weighted by atomic mass is 9.94. The molecule has 2 N–H and O–H groups in total. The lowest BCUT2D eigenvalue weighted by molar-refractivity contribution is -0.139. The molecule has 36 heavy (non-hydrogen) atoms. The number of carbonyl (C=O) groups is 2. The smallest absolute Gasteiger partial charge is 0.295 e. The highest BCUT2D eigenvalue weighted by Crippen LogP contribution is 2.40. The monoisotopic (exact) mass is 505 g/mol. The number of phenolic OH excluding ortho intramolecular Hbond substituents is 1. The minimum absolute atomic E-state index is 0.00169. The van der Waals surface area contributed by atoms with Gasteiger partial charge in [0.1, 0.15) is 17.3 Å². The number of aryl methyl sites for hydroxylation is 1. The van der Waals surface area contributed by atoms with E-state index in [-0.39, 0.29) is 29.7 Å². The molecule has 1 saturated heterocycles. The highest BCUT2D eigenvalue weighted by Gasteiger charge is 2.46. The predicted molar refractivity (Wildman–Crippen MR) is 139 cm³/mol. The Morgan fingerprint density at radius 1 is 1.06 bits per heavy atom. The lowest BCUT2D eigenvalue weighted by Gasteiger charge is -2.25. The zero-order valence-electron chi connectivity index (χ0n) is 20.4. The van der Waals surface area contributed by atoms with Gasteiger partial charge in [0, 0.05) is 17.1 Å². The van der Waals surface area contributed by atoms with Gasteiger partial charge >= 0.3 is 0 Å². The molecule has 3 aromatic rings. The number of phenols is 1. The van der Waals surface area contributed by atoms with Crippen LogP contribution in [0.5, 0.6) is 11.5 Å². The number of aliphatic hydroxyl groups is 1. The van der Waals surface area contributed by atoms with Crippen LogP contribution in [0.1, 0.15) is 42.1 Å². The number of halogens is 1. The standard InChI is InChI=1S/C29H28ClNO5/c1-17(2)36-24-12-9-21(15-18(24)3)27(33)25-26(20-5-4-6-23(32)16-20)31(29(35)28(25)34)14-13-19-7-10-22(30)11-8-19/h4-12,15-17,26,32-33H,13-14H2,1-3H3/b27-25-. The van der Waals surface area contributed by atoms with E-state index in [1.54, 1.807) is 42.5 Å². The predicted octanol–water partition coefficient (Wildman–Crippen LogP) is 5.81. The average Bonchev–Trinajstić information content (AvgIpc) is 3.09. The van der Waals surface area contributed by atoms with E-state index in [9.17, 15) is 19.8 Å². The Morgan fingerprint density at radius 2 is 1.78 bits per heavy atom. The molecule has 0 aromatic heterocycles. The summed E-state index contributed by atoms with van der Waals surface area (Å²) in [6.07, 6.45) is 0.472. The van der Waals surface area contributed by atoms with Gasteiger partial charge in [-0.3, -0.25) is 9.59 Å². The molecule has 7 heteroatoms. The quantitative estimate of drug-likeness (QED) is 0.240. The van der Waals surface area contributed by atoms with Crippen LogP contribution < -0.4 is 4.74 Å². The highest BCUT2D eigenvalue weighted by atomic mass is 35.5. The van der Waals surface area contributed by atoms with Crippen LogP contribution in [-0.4, -0.2) is 39.5 Å². The van der Waals surface area contributed by atoms with Crippen molar-refractivity contribution in [1.29, 1.82) is 0 Å². The number of aromatic hydroxyl groups is 1. The third-order valence-corrected chi connectivity index (χ3v) is 6.34. The van der Waals surface area contributed by atoms with Crippen LogP contribution in [0.2, 0.25) is 5.02 Å². The molecule has 0 radical (unpaired) electrons. The van der Waals surface area contributed by atoms with Crippen molar-refractivity contribution in [2.75, 3.05) is 6.54 Å². The SMILES string of the molecule is Cc1cc(/C(O)=C2/C(=O)C(=O)N(CCc3ccc(Cl)cc3)C2c2cccc(O)c2)ccc1OC(C)C. The summed E-state index contributed by atoms with van der Waals surface area (Å²) in [6.45, 7) is 5.94. The number of benzene rings is 3. The van der Waals surface area contributed by atoms with Gasteiger partial charge in [-0.25, -0.2) is 0 Å². The number of nitrogens with zero attached hydrogens (tertiary/aromatic N) is 1. The number of carbonyl (C=O) groups excluding carboxylic acids is 2. The molecule has 1 aliphatic rings. The first-order valence-electron chi connectivity index (χ1n) is 11.7. The van der Waals surface area contributed by atoms with Gasteiger partial charge < -0.3 is 19.8 Å². The zero-order valence-corrected chi connectivity index (χ0v) is 21.1. The van der Waals surface area contributed by atoms with Crippen LogP contribution in [0.3, 0.4) is 0 Å². The summed E-state index contributed by atoms with van der Waals surface area (Å²) in [5, 5.41) is 22.0. The third-order valence-electron chi connectivity index (χ3n) is 6.09. The normalized spacial score (nSPS) is 17.1. The molecular weight excluding hydrogens is 478 g/mol. The number of likely N-dealkylation sites (tertiary alicyclic amines) is 1. The van der Waals surface area contributed by atoms with Crippen molar-refractivity contribution < 1.29 is 24.5 Å². The van der Waals surface area contributed by atoms with E-state index in [4.69, 9.17) is 16.3 Å². The molecule has 0 aliphatic carbocycles. The summed E-state index contributed by atoms with van der Waals surface area (Å²) < 4.78 is 5.78. The van der Waals surface area contributed by atoms with E-state index >= 15 is 0 Å². The fraction of sp³-hybridized carbons (Fsp3) is 0.241. The van der Waals surface area contributed by atoms with Gasteiger partial charge in [0.05, 0.1) is 17.7 Å². The summed E-state index contributed by atoms with van der Waals surface area (Å²) in [7, 11) is 0. The number of Topliss-reactive ketones (excluding diaryl/α,β-unsaturated/α-hetero) is 1. The van der Waals surface area contributed by atoms with Crippen molar-refractivity contribution in [3.8, 4) is 11.5 Å². The maximum absolute atomic E-state index is 13.2. The lowest BCUT2D eigenvalue weighted by Crippen LogP contribution is -2.31. The van der Waals surface area contributed by atoms with Crippen molar-refractivity contribution in [2.24, 2.45) is 0 Å². The second-order valence-corrected chi connectivity index (χ2v) is 9.55. The summed E-state index contributed by atoms with van der Waals surface area (Å²) >= 11 is 5.98. The number of hydrogen-bond donors (Lipinski definition) is 2. The van der Waals surface area contributed by atoms with Crippen LogP contribution in [0, 0.1) is 6.92 Å². The summed E-state index contributed by atoms with van der Waals surface area (Å²) in [5.74, 6) is -1.06. The van der Waals surface area contributed by atoms with Crippen molar-refractivity contribution in [3.05, 3.63) is 99.6 Å². The van der Waals surface area contributed by atoms with Gasteiger partial charge in [-0.2, -0.15) is 0 Å². The number of aliphatic hydroxyl groups excluding tert-OH is 1. The minimum Gasteiger partial charge on any atom is -0.508 e. The largest absolute Gasteiger partial charge is 0.508 e. The van der Waals surface area contributed by atoms with E-state index in [0.717, 1.165) is 11.1 Å². The van der Waals surface area contributed by atoms with E-state index in [0.29, 0.717) is 28.3 Å². The zero-order chi connectivity index (χ0) is 26.0. The van der Waals surface area contributed by atoms with Gasteiger partial charge in [-0.15, -0.1) is 0 Å². The Hall–Kier alpha value is -3.77. The van der Waals surface area contributed by atoms with Gasteiger partial charge in [0.25, 0.3) is 11.7 Å². The first-order valence-corrected chi connectivity index (χ1v) is 12.1. The van der Waals surface area contributed by atoms with Gasteiger partial charge in [-0.05, 0) is 86.3 Å². The van der Waals surface area contributed by atoms with Crippen molar-refractivity contribution >= 4 is 29.1 Å². The Balaban J connectivity index is 1.76. The molecular formula is C29H28ClNO5. The van der Waals surface area contributed by atoms with Crippen molar-refractivity contribution in [2.45, 2.75) is 39.3 Å². The van der Waals surface area contributed by atoms with Gasteiger partial charge in [0.15, 0.2) is 0 Å². The van der Waals surface area contributed by atoms with Crippen molar-refractivity contribution in [1.82, 2.24) is 4.90 Å². The maximum Gasteiger partial charge on any atom is 0.295 e. The molecule has 0 spiro atoms. The van der Waals surface area contributed by atoms with Crippen LogP contribution in [-0.2, 0) is 16.0 Å². The number of rotatable bonds is 7. The molecule has 0 bridgehead atoms. The number of hydrogen-bond acceptors (Lipinski definition) is 5. The summed E-state index contributed by atoms with van der Waals surface area (Å²) in [6, 6.07) is 18.0. The molecule has 4 rings (SSSR count). The molecule has 1 atom stereocenters. The fourth-order valence-electron chi connectivity index (χ4n) is 4.39. The maximum atomic E-state index is 13.2. The second kappa shape index (κ2) is 10.5. The number of ether oxygens (including phenoxy) is 1. The molecule has 6 nitrogen and oxygen atoms in total. The van der Waals surface area contributed by atoms with Crippen LogP contribution in [0.4, 0.5) is 0 Å². The summed E-state index contributed by atoms with van der Waals surface area (Å²) in [4.78, 5) is 27.8. The van der Waals surface area contributed by atoms with Gasteiger partial charge in [0.2, 0.25) is 0 Å². The molecule has 1 unspecified atom stereocenters. The Kier molecular flexibility index (Phi) is 7.36. The van der Waals surface area contributed by atoms with Crippen LogP contribution in [0.25, 0.3) is 5.76 Å². The Labute approximate surface area is 215 Å². The molecule has 3 aromatic carbocycles. The molecule has 1 heterocycles. The Bertz CT molecular complexity index is 1330. The highest BCUT2D eigenvalue weighted by molar-refractivity contribution is 6.46. The molecule has 0 saturated carbocycles. The summed E-state index contributed by atoms with van der Waals surface area (Å²) in [5.41, 5.74) is 2.66. The third kappa shape index (κ3) is 5.24. The minimum atomic E-state index is -0.851. The molecule has 1 aliphatic heterocycles. The average molecular weight is 506 g/mol. The molecule has 186 valence electrons. The van der Waals surface area contributed by atoms with E-state index in [2.05, 4.69) is 0 Å². The first-order chi connectivity index (χ1) is 17.2. The van der Waals surface area contributed by atoms with E-state index in [1.165, 1.54) is 17.0 Å². The van der Waals surface area contributed by atoms with Crippen LogP contribution in [0.15, 0.2) is 72.3 Å². The fourth-order valence-corrected chi connectivity index (χ4v) is 4.52. The van der Waals surface area contributed by atoms with Crippen LogP contribution >= 0.6 is 11.6 Å². The van der Waals surface area contributed by atoms with E-state index < -0.39 is 17.7 Å². The molecule has 1 fully saturated rings. The number of amides is 1. The Morgan fingerprint density at radius 3 is 2.42 bits per heavy atom.